The fourth-order valence-corrected chi connectivity index (χ4v) is 6.28. The van der Waals surface area contributed by atoms with Crippen molar-refractivity contribution in [1.29, 1.82) is 0 Å². The Bertz CT molecular complexity index is 1300. The van der Waals surface area contributed by atoms with Crippen LogP contribution in [-0.2, 0) is 21.7 Å². The lowest BCUT2D eigenvalue weighted by molar-refractivity contribution is -0.287. The number of hydrogen-bond acceptors (Lipinski definition) is 2. The molecule has 0 aliphatic carbocycles. The van der Waals surface area contributed by atoms with Crippen molar-refractivity contribution < 1.29 is 9.79 Å². The van der Waals surface area contributed by atoms with Crippen molar-refractivity contribution >= 4 is 13.7 Å². The average molecular weight is 545 g/mol. The maximum Gasteiger partial charge on any atom is -0.00471 e. The average Bonchev–Trinajstić information content (AvgIpc) is 2.75. The van der Waals surface area contributed by atoms with E-state index < -0.39 is 8.38 Å². The van der Waals surface area contributed by atoms with Crippen LogP contribution >= 0.6 is 8.38 Å². The number of aryl methyl sites for hydroxylation is 2. The van der Waals surface area contributed by atoms with Gasteiger partial charge in [0.25, 0.3) is 0 Å². The summed E-state index contributed by atoms with van der Waals surface area (Å²) in [4.78, 5) is 26.0. The second-order valence-electron chi connectivity index (χ2n) is 15.4. The van der Waals surface area contributed by atoms with E-state index in [1.807, 2.05) is 6.07 Å². The van der Waals surface area contributed by atoms with Crippen LogP contribution < -0.4 is 15.1 Å². The molecule has 0 spiro atoms. The second-order valence-corrected chi connectivity index (χ2v) is 16.4. The summed E-state index contributed by atoms with van der Waals surface area (Å²) in [5, 5.41) is 0.391. The Kier molecular flexibility index (Phi) is 8.44. The fourth-order valence-electron chi connectivity index (χ4n) is 5.66. The highest BCUT2D eigenvalue weighted by atomic mass is 31.2. The van der Waals surface area contributed by atoms with Crippen LogP contribution in [-0.4, -0.2) is 0 Å². The lowest BCUT2D eigenvalue weighted by Gasteiger charge is -2.39. The molecule has 0 aromatic heterocycles. The smallest absolute Gasteiger partial charge is 0.00471 e. The number of hydrogen-bond donors (Lipinski definition) is 0. The molecular formula is C36H49O2P-2. The maximum absolute atomic E-state index is 13.0. The van der Waals surface area contributed by atoms with Gasteiger partial charge in [-0.1, -0.05) is 137 Å². The molecule has 0 heterocycles. The SMILES string of the molecule is Cc1cc(C(C)(C)C)c(-c2cccc(P([O-])[O-])c2-c2c(C(C)(C)C)cc(C)cc2C(C)(C)C)c(C(C)(C)C)c1. The van der Waals surface area contributed by atoms with Crippen LogP contribution in [0, 0.1) is 13.8 Å². The van der Waals surface area contributed by atoms with E-state index in [2.05, 4.69) is 127 Å². The van der Waals surface area contributed by atoms with Gasteiger partial charge in [0.15, 0.2) is 0 Å². The van der Waals surface area contributed by atoms with Crippen LogP contribution in [0.1, 0.15) is 116 Å². The molecule has 0 unspecified atom stereocenters. The van der Waals surface area contributed by atoms with Crippen LogP contribution in [0.5, 0.6) is 0 Å². The van der Waals surface area contributed by atoms with E-state index in [0.717, 1.165) is 22.3 Å². The first kappa shape index (κ1) is 31.5. The highest BCUT2D eigenvalue weighted by Gasteiger charge is 2.33. The minimum atomic E-state index is -2.83. The molecule has 0 aliphatic heterocycles. The van der Waals surface area contributed by atoms with E-state index in [4.69, 9.17) is 0 Å². The topological polar surface area (TPSA) is 46.1 Å². The number of rotatable bonds is 3. The minimum Gasteiger partial charge on any atom is -0.838 e. The van der Waals surface area contributed by atoms with Gasteiger partial charge in [0.2, 0.25) is 0 Å². The Morgan fingerprint density at radius 2 is 0.821 bits per heavy atom. The molecule has 3 rings (SSSR count). The van der Waals surface area contributed by atoms with Crippen LogP contribution in [0.4, 0.5) is 0 Å². The third-order valence-corrected chi connectivity index (χ3v) is 8.32. The predicted molar refractivity (Wildman–Crippen MR) is 168 cm³/mol. The molecule has 3 heteroatoms. The summed E-state index contributed by atoms with van der Waals surface area (Å²) < 4.78 is 0. The molecule has 39 heavy (non-hydrogen) atoms. The number of benzene rings is 3. The van der Waals surface area contributed by atoms with Crippen molar-refractivity contribution in [2.24, 2.45) is 0 Å². The van der Waals surface area contributed by atoms with Crippen LogP contribution in [0.25, 0.3) is 22.3 Å². The molecule has 0 amide bonds. The largest absolute Gasteiger partial charge is 0.838 e. The first-order valence-electron chi connectivity index (χ1n) is 14.1. The molecule has 3 aromatic rings. The van der Waals surface area contributed by atoms with Crippen molar-refractivity contribution in [3.05, 3.63) is 75.8 Å². The van der Waals surface area contributed by atoms with Crippen molar-refractivity contribution in [2.75, 3.05) is 0 Å². The second kappa shape index (κ2) is 10.4. The molecule has 0 saturated heterocycles. The van der Waals surface area contributed by atoms with Crippen LogP contribution in [0.3, 0.4) is 0 Å². The lowest BCUT2D eigenvalue weighted by atomic mass is 9.70. The molecular weight excluding hydrogens is 495 g/mol. The molecule has 0 radical (unpaired) electrons. The third-order valence-electron chi connectivity index (χ3n) is 7.56. The van der Waals surface area contributed by atoms with E-state index in [-0.39, 0.29) is 21.7 Å². The summed E-state index contributed by atoms with van der Waals surface area (Å²) in [6.07, 6.45) is 0. The van der Waals surface area contributed by atoms with Crippen molar-refractivity contribution in [3.8, 4) is 22.3 Å². The normalized spacial score (nSPS) is 13.4. The zero-order valence-corrected chi connectivity index (χ0v) is 27.7. The van der Waals surface area contributed by atoms with Gasteiger partial charge in [-0.05, 0) is 85.3 Å². The Morgan fingerprint density at radius 1 is 0.487 bits per heavy atom. The van der Waals surface area contributed by atoms with Crippen molar-refractivity contribution in [2.45, 2.75) is 119 Å². The van der Waals surface area contributed by atoms with Gasteiger partial charge in [-0.3, -0.25) is 8.38 Å². The highest BCUT2D eigenvalue weighted by Crippen LogP contribution is 2.49. The van der Waals surface area contributed by atoms with Gasteiger partial charge in [-0.15, -0.1) is 0 Å². The fraction of sp³-hybridized carbons (Fsp3) is 0.500. The predicted octanol–water partition coefficient (Wildman–Crippen LogP) is 8.49. The summed E-state index contributed by atoms with van der Waals surface area (Å²) in [5.41, 5.74) is 10.7. The summed E-state index contributed by atoms with van der Waals surface area (Å²) in [7, 11) is -2.83. The Morgan fingerprint density at radius 3 is 1.13 bits per heavy atom. The molecule has 212 valence electrons. The molecule has 0 aliphatic rings. The minimum absolute atomic E-state index is 0.138. The standard InChI is InChI=1S/C36H49O2P/c1-22-18-25(33(3,4)5)30(26(19-22)34(6,7)8)24-16-15-17-29(39(37)38)31(24)32-27(35(9,10)11)20-23(2)21-28(32)36(12,13)14/h15-21H,1-14H3/q-2. The van der Waals surface area contributed by atoms with Gasteiger partial charge in [0.05, 0.1) is 0 Å². The summed E-state index contributed by atoms with van der Waals surface area (Å²) >= 11 is 0. The van der Waals surface area contributed by atoms with Crippen molar-refractivity contribution in [3.63, 3.8) is 0 Å². The van der Waals surface area contributed by atoms with Gasteiger partial charge in [-0.2, -0.15) is 0 Å². The molecule has 0 bridgehead atoms. The van der Waals surface area contributed by atoms with E-state index >= 15 is 0 Å². The van der Waals surface area contributed by atoms with Gasteiger partial charge in [-0.25, -0.2) is 0 Å². The van der Waals surface area contributed by atoms with Crippen LogP contribution in [0.2, 0.25) is 0 Å². The van der Waals surface area contributed by atoms with E-state index in [1.54, 1.807) is 6.07 Å². The third kappa shape index (κ3) is 6.51. The quantitative estimate of drug-likeness (QED) is 0.310. The van der Waals surface area contributed by atoms with Gasteiger partial charge >= 0.3 is 0 Å². The summed E-state index contributed by atoms with van der Waals surface area (Å²) in [5.74, 6) is 0. The van der Waals surface area contributed by atoms with Gasteiger partial charge in [0.1, 0.15) is 0 Å². The van der Waals surface area contributed by atoms with Gasteiger partial charge < -0.3 is 9.79 Å². The molecule has 0 fully saturated rings. The summed E-state index contributed by atoms with van der Waals surface area (Å²) in [6.45, 7) is 31.2. The first-order valence-corrected chi connectivity index (χ1v) is 15.3. The summed E-state index contributed by atoms with van der Waals surface area (Å²) in [6, 6.07) is 14.9. The molecule has 2 nitrogen and oxygen atoms in total. The first-order chi connectivity index (χ1) is 17.5. The Balaban J connectivity index is 2.75. The maximum atomic E-state index is 13.0. The molecule has 0 N–H and O–H groups in total. The van der Waals surface area contributed by atoms with Crippen molar-refractivity contribution in [1.82, 2.24) is 0 Å². The Hall–Kier alpha value is -1.99. The lowest BCUT2D eigenvalue weighted by Crippen LogP contribution is -2.26. The van der Waals surface area contributed by atoms with Gasteiger partial charge in [0, 0.05) is 0 Å². The Labute approximate surface area is 239 Å². The van der Waals surface area contributed by atoms with Crippen LogP contribution in [0.15, 0.2) is 42.5 Å². The van der Waals surface area contributed by atoms with E-state index in [0.29, 0.717) is 5.30 Å². The van der Waals surface area contributed by atoms with E-state index in [9.17, 15) is 9.79 Å². The molecule has 3 aromatic carbocycles. The zero-order valence-electron chi connectivity index (χ0n) is 26.8. The molecule has 0 atom stereocenters. The monoisotopic (exact) mass is 544 g/mol. The zero-order chi connectivity index (χ0) is 29.9. The molecule has 0 saturated carbocycles. The highest BCUT2D eigenvalue weighted by molar-refractivity contribution is 7.51. The van der Waals surface area contributed by atoms with E-state index in [1.165, 1.54) is 33.4 Å².